The van der Waals surface area contributed by atoms with E-state index in [1.54, 1.807) is 24.3 Å². The van der Waals surface area contributed by atoms with Crippen molar-refractivity contribution in [2.45, 2.75) is 90.3 Å². The van der Waals surface area contributed by atoms with E-state index < -0.39 is 16.1 Å². The number of allylic oxidation sites excluding steroid dienone is 2. The fourth-order valence-corrected chi connectivity index (χ4v) is 3.86. The second kappa shape index (κ2) is 17.1. The maximum atomic E-state index is 11.4. The molecular weight excluding hydrogens is 460 g/mol. The fourth-order valence-electron chi connectivity index (χ4n) is 3.86. The Morgan fingerprint density at radius 1 is 0.694 bits per heavy atom. The molecule has 0 N–H and O–H groups in total. The number of hydrogen-bond donors (Lipinski definition) is 0. The normalized spacial score (nSPS) is 11.2. The number of hydrogen-bond acceptors (Lipinski definition) is 6. The molecule has 0 spiro atoms. The number of rotatable bonds is 19. The maximum Gasteiger partial charge on any atom is 0.311 e. The standard InChI is InChI=1S/C28H38N2O6/c1-2-3-4-5-6-7-8-9-10-11-12-13-14-23-28(35-26-21-17-15-19-24(26)29(31)32)36-27-22-18-16-20-25(27)30(33)34/h5-6,15-22,28H,2-4,7-14,23H2,1H3/b6-5-. The van der Waals surface area contributed by atoms with Gasteiger partial charge in [0.2, 0.25) is 17.8 Å². The van der Waals surface area contributed by atoms with Gasteiger partial charge in [0.05, 0.1) is 9.85 Å². The minimum absolute atomic E-state index is 0.0785. The molecule has 2 aromatic carbocycles. The first-order chi connectivity index (χ1) is 17.5. The van der Waals surface area contributed by atoms with Crippen LogP contribution in [0.15, 0.2) is 60.7 Å². The topological polar surface area (TPSA) is 105 Å². The molecule has 36 heavy (non-hydrogen) atoms. The van der Waals surface area contributed by atoms with Crippen LogP contribution < -0.4 is 9.47 Å². The van der Waals surface area contributed by atoms with Crippen LogP contribution in [0.25, 0.3) is 0 Å². The van der Waals surface area contributed by atoms with Crippen molar-refractivity contribution in [1.29, 1.82) is 0 Å². The van der Waals surface area contributed by atoms with E-state index >= 15 is 0 Å². The summed E-state index contributed by atoms with van der Waals surface area (Å²) in [5.41, 5.74) is -0.345. The molecular formula is C28H38N2O6. The molecule has 2 aromatic rings. The molecule has 2 rings (SSSR count). The first-order valence-corrected chi connectivity index (χ1v) is 13.0. The highest BCUT2D eigenvalue weighted by Crippen LogP contribution is 2.31. The Balaban J connectivity index is 1.84. The predicted molar refractivity (Wildman–Crippen MR) is 141 cm³/mol. The highest BCUT2D eigenvalue weighted by Gasteiger charge is 2.23. The summed E-state index contributed by atoms with van der Waals surface area (Å²) in [4.78, 5) is 21.7. The van der Waals surface area contributed by atoms with E-state index in [1.807, 2.05) is 0 Å². The Kier molecular flexibility index (Phi) is 13.7. The summed E-state index contributed by atoms with van der Waals surface area (Å²) in [7, 11) is 0. The second-order valence-electron chi connectivity index (χ2n) is 8.78. The largest absolute Gasteiger partial charge is 0.448 e. The van der Waals surface area contributed by atoms with Crippen LogP contribution in [0.3, 0.4) is 0 Å². The van der Waals surface area contributed by atoms with E-state index in [0.29, 0.717) is 6.42 Å². The van der Waals surface area contributed by atoms with Crippen LogP contribution in [0.1, 0.15) is 84.0 Å². The second-order valence-corrected chi connectivity index (χ2v) is 8.78. The van der Waals surface area contributed by atoms with Crippen molar-refractivity contribution in [2.75, 3.05) is 0 Å². The molecule has 0 radical (unpaired) electrons. The molecule has 0 saturated carbocycles. The van der Waals surface area contributed by atoms with Crippen molar-refractivity contribution in [3.05, 3.63) is 80.9 Å². The van der Waals surface area contributed by atoms with E-state index in [0.717, 1.165) is 32.1 Å². The van der Waals surface area contributed by atoms with Gasteiger partial charge in [-0.2, -0.15) is 0 Å². The lowest BCUT2D eigenvalue weighted by Gasteiger charge is -2.20. The predicted octanol–water partition coefficient (Wildman–Crippen LogP) is 8.54. The first-order valence-electron chi connectivity index (χ1n) is 13.0. The Morgan fingerprint density at radius 3 is 1.64 bits per heavy atom. The van der Waals surface area contributed by atoms with Gasteiger partial charge in [0.1, 0.15) is 0 Å². The van der Waals surface area contributed by atoms with Crippen molar-refractivity contribution in [3.8, 4) is 11.5 Å². The molecule has 0 unspecified atom stereocenters. The third kappa shape index (κ3) is 10.9. The SMILES string of the molecule is CCCC/C=C\CCCCCCCCCC(Oc1ccccc1[N+](=O)[O-])Oc1ccccc1[N+](=O)[O-]. The van der Waals surface area contributed by atoms with Gasteiger partial charge in [0, 0.05) is 18.6 Å². The van der Waals surface area contributed by atoms with Crippen LogP contribution in [0.2, 0.25) is 0 Å². The zero-order valence-corrected chi connectivity index (χ0v) is 21.2. The smallest absolute Gasteiger partial charge is 0.311 e. The van der Waals surface area contributed by atoms with Crippen LogP contribution in [-0.2, 0) is 0 Å². The highest BCUT2D eigenvalue weighted by atomic mass is 16.7. The molecule has 0 atom stereocenters. The Bertz CT molecular complexity index is 903. The number of benzene rings is 2. The summed E-state index contributed by atoms with van der Waals surface area (Å²) in [5, 5.41) is 22.8. The van der Waals surface area contributed by atoms with Crippen LogP contribution in [0.4, 0.5) is 11.4 Å². The van der Waals surface area contributed by atoms with Crippen LogP contribution in [0.5, 0.6) is 11.5 Å². The van der Waals surface area contributed by atoms with E-state index in [9.17, 15) is 20.2 Å². The number of unbranched alkanes of at least 4 members (excludes halogenated alkanes) is 9. The van der Waals surface area contributed by atoms with Crippen molar-refractivity contribution in [1.82, 2.24) is 0 Å². The van der Waals surface area contributed by atoms with Gasteiger partial charge in [-0.15, -0.1) is 0 Å². The average molecular weight is 499 g/mol. The summed E-state index contributed by atoms with van der Waals surface area (Å²) < 4.78 is 11.7. The molecule has 0 saturated heterocycles. The first kappa shape index (κ1) is 28.8. The molecule has 0 aliphatic heterocycles. The summed E-state index contributed by atoms with van der Waals surface area (Å²) in [6.45, 7) is 2.21. The van der Waals surface area contributed by atoms with Crippen molar-refractivity contribution < 1.29 is 19.3 Å². The lowest BCUT2D eigenvalue weighted by molar-refractivity contribution is -0.387. The van der Waals surface area contributed by atoms with Crippen molar-refractivity contribution >= 4 is 11.4 Å². The fraction of sp³-hybridized carbons (Fsp3) is 0.500. The minimum Gasteiger partial charge on any atom is -0.448 e. The summed E-state index contributed by atoms with van der Waals surface area (Å²) in [6, 6.07) is 12.1. The molecule has 0 amide bonds. The third-order valence-electron chi connectivity index (χ3n) is 5.84. The van der Waals surface area contributed by atoms with Crippen molar-refractivity contribution in [3.63, 3.8) is 0 Å². The third-order valence-corrected chi connectivity index (χ3v) is 5.84. The van der Waals surface area contributed by atoms with Gasteiger partial charge in [0.15, 0.2) is 0 Å². The maximum absolute atomic E-state index is 11.4. The molecule has 0 aromatic heterocycles. The van der Waals surface area contributed by atoms with Gasteiger partial charge in [-0.3, -0.25) is 20.2 Å². The number of ether oxygens (including phenoxy) is 2. The molecule has 8 nitrogen and oxygen atoms in total. The lowest BCUT2D eigenvalue weighted by atomic mass is 10.1. The Labute approximate surface area is 213 Å². The Morgan fingerprint density at radius 2 is 1.14 bits per heavy atom. The van der Waals surface area contributed by atoms with Gasteiger partial charge < -0.3 is 9.47 Å². The van der Waals surface area contributed by atoms with E-state index in [2.05, 4.69) is 19.1 Å². The van der Waals surface area contributed by atoms with Gasteiger partial charge in [0.25, 0.3) is 0 Å². The van der Waals surface area contributed by atoms with E-state index in [-0.39, 0.29) is 22.9 Å². The average Bonchev–Trinajstić information content (AvgIpc) is 2.87. The molecule has 0 aliphatic rings. The number of para-hydroxylation sites is 4. The molecule has 0 fully saturated rings. The van der Waals surface area contributed by atoms with Gasteiger partial charge in [-0.1, -0.05) is 88.3 Å². The number of nitrogens with zero attached hydrogens (tertiary/aromatic N) is 2. The summed E-state index contributed by atoms with van der Waals surface area (Å²) in [5.74, 6) is 0.157. The van der Waals surface area contributed by atoms with E-state index in [1.165, 1.54) is 62.8 Å². The van der Waals surface area contributed by atoms with Crippen LogP contribution in [0, 0.1) is 20.2 Å². The number of nitro groups is 2. The Hall–Kier alpha value is -3.42. The zero-order chi connectivity index (χ0) is 26.0. The van der Waals surface area contributed by atoms with Crippen LogP contribution >= 0.6 is 0 Å². The minimum atomic E-state index is -0.883. The molecule has 196 valence electrons. The number of nitro benzene ring substituents is 2. The van der Waals surface area contributed by atoms with E-state index in [4.69, 9.17) is 9.47 Å². The highest BCUT2D eigenvalue weighted by molar-refractivity contribution is 5.47. The van der Waals surface area contributed by atoms with Crippen LogP contribution in [-0.4, -0.2) is 16.1 Å². The van der Waals surface area contributed by atoms with Gasteiger partial charge in [-0.25, -0.2) is 0 Å². The van der Waals surface area contributed by atoms with Crippen molar-refractivity contribution in [2.24, 2.45) is 0 Å². The van der Waals surface area contributed by atoms with Gasteiger partial charge in [-0.05, 0) is 37.8 Å². The summed E-state index contributed by atoms with van der Waals surface area (Å²) >= 11 is 0. The van der Waals surface area contributed by atoms with Gasteiger partial charge >= 0.3 is 11.4 Å². The quantitative estimate of drug-likeness (QED) is 0.0631. The monoisotopic (exact) mass is 498 g/mol. The molecule has 0 aliphatic carbocycles. The lowest BCUT2D eigenvalue weighted by Crippen LogP contribution is -2.24. The summed E-state index contributed by atoms with van der Waals surface area (Å²) in [6.07, 6.45) is 16.6. The zero-order valence-electron chi connectivity index (χ0n) is 21.2. The molecule has 0 bridgehead atoms. The molecule has 0 heterocycles. The molecule has 8 heteroatoms.